The van der Waals surface area contributed by atoms with Crippen LogP contribution in [0, 0.1) is 6.92 Å². The highest BCUT2D eigenvalue weighted by Gasteiger charge is 2.11. The number of benzene rings is 1. The van der Waals surface area contributed by atoms with Crippen LogP contribution in [-0.4, -0.2) is 20.2 Å². The Labute approximate surface area is 94.3 Å². The molecule has 16 heavy (non-hydrogen) atoms. The van der Waals surface area contributed by atoms with Crippen LogP contribution in [0.4, 0.5) is 5.69 Å². The fourth-order valence-electron chi connectivity index (χ4n) is 1.53. The minimum atomic E-state index is 0.285. The lowest BCUT2D eigenvalue weighted by atomic mass is 10.1. The van der Waals surface area contributed by atoms with Crippen LogP contribution in [-0.2, 0) is 0 Å². The normalized spacial score (nSPS) is 11.0. The zero-order valence-corrected chi connectivity index (χ0v) is 9.68. The van der Waals surface area contributed by atoms with Crippen molar-refractivity contribution in [2.75, 3.05) is 5.73 Å². The molecule has 1 aromatic carbocycles. The van der Waals surface area contributed by atoms with Crippen LogP contribution < -0.4 is 5.73 Å². The van der Waals surface area contributed by atoms with Crippen molar-refractivity contribution in [3.8, 4) is 5.69 Å². The van der Waals surface area contributed by atoms with E-state index in [0.717, 1.165) is 22.8 Å². The Morgan fingerprint density at radius 2 is 2.06 bits per heavy atom. The molecule has 0 atom stereocenters. The van der Waals surface area contributed by atoms with Crippen LogP contribution in [0.2, 0.25) is 0 Å². The molecule has 0 saturated carbocycles. The van der Waals surface area contributed by atoms with Crippen molar-refractivity contribution in [1.82, 2.24) is 20.2 Å². The van der Waals surface area contributed by atoms with Gasteiger partial charge in [-0.1, -0.05) is 13.8 Å². The summed E-state index contributed by atoms with van der Waals surface area (Å²) in [7, 11) is 0. The Hall–Kier alpha value is -1.91. The molecular weight excluding hydrogens is 202 g/mol. The molecule has 84 valence electrons. The number of hydrogen-bond donors (Lipinski definition) is 1. The SMILES string of the molecule is Cc1cc(-n2nnnc2C(C)C)ccc1N. The predicted octanol–water partition coefficient (Wildman–Crippen LogP) is 1.68. The third kappa shape index (κ3) is 1.76. The highest BCUT2D eigenvalue weighted by atomic mass is 15.5. The number of aryl methyl sites for hydroxylation is 1. The molecule has 5 nitrogen and oxygen atoms in total. The third-order valence-electron chi connectivity index (χ3n) is 2.51. The van der Waals surface area contributed by atoms with E-state index in [-0.39, 0.29) is 5.92 Å². The van der Waals surface area contributed by atoms with E-state index >= 15 is 0 Å². The number of aromatic nitrogens is 4. The van der Waals surface area contributed by atoms with E-state index in [4.69, 9.17) is 5.73 Å². The van der Waals surface area contributed by atoms with Crippen molar-refractivity contribution in [1.29, 1.82) is 0 Å². The second-order valence-electron chi connectivity index (χ2n) is 4.14. The van der Waals surface area contributed by atoms with E-state index in [0.29, 0.717) is 0 Å². The number of tetrazole rings is 1. The summed E-state index contributed by atoms with van der Waals surface area (Å²) in [5.74, 6) is 1.14. The second kappa shape index (κ2) is 3.92. The lowest BCUT2D eigenvalue weighted by Gasteiger charge is -2.08. The minimum absolute atomic E-state index is 0.285. The molecule has 0 aliphatic rings. The first-order valence-electron chi connectivity index (χ1n) is 5.24. The topological polar surface area (TPSA) is 69.6 Å². The molecule has 0 amide bonds. The summed E-state index contributed by atoms with van der Waals surface area (Å²) in [6, 6.07) is 5.78. The van der Waals surface area contributed by atoms with Crippen molar-refractivity contribution < 1.29 is 0 Å². The fourth-order valence-corrected chi connectivity index (χ4v) is 1.53. The van der Waals surface area contributed by atoms with Gasteiger partial charge in [0.05, 0.1) is 5.69 Å². The van der Waals surface area contributed by atoms with Crippen molar-refractivity contribution >= 4 is 5.69 Å². The van der Waals surface area contributed by atoms with Gasteiger partial charge in [0.2, 0.25) is 0 Å². The molecule has 0 aliphatic carbocycles. The highest BCUT2D eigenvalue weighted by molar-refractivity contribution is 5.51. The van der Waals surface area contributed by atoms with Crippen molar-refractivity contribution in [2.24, 2.45) is 0 Å². The van der Waals surface area contributed by atoms with Gasteiger partial charge in [-0.25, -0.2) is 0 Å². The van der Waals surface area contributed by atoms with E-state index in [2.05, 4.69) is 29.4 Å². The van der Waals surface area contributed by atoms with E-state index < -0.39 is 0 Å². The molecule has 2 rings (SSSR count). The van der Waals surface area contributed by atoms with E-state index in [1.165, 1.54) is 0 Å². The van der Waals surface area contributed by atoms with Gasteiger partial charge in [0.25, 0.3) is 0 Å². The molecule has 0 bridgehead atoms. The summed E-state index contributed by atoms with van der Waals surface area (Å²) >= 11 is 0. The van der Waals surface area contributed by atoms with Crippen LogP contribution in [0.25, 0.3) is 5.69 Å². The first-order valence-corrected chi connectivity index (χ1v) is 5.24. The van der Waals surface area contributed by atoms with Crippen molar-refractivity contribution in [2.45, 2.75) is 26.7 Å². The highest BCUT2D eigenvalue weighted by Crippen LogP contribution is 2.18. The predicted molar refractivity (Wildman–Crippen MR) is 62.4 cm³/mol. The Morgan fingerprint density at radius 3 is 2.69 bits per heavy atom. The Kier molecular flexibility index (Phi) is 2.60. The largest absolute Gasteiger partial charge is 0.399 e. The van der Waals surface area contributed by atoms with E-state index in [1.54, 1.807) is 4.68 Å². The molecular formula is C11H15N5. The monoisotopic (exact) mass is 217 g/mol. The van der Waals surface area contributed by atoms with Crippen molar-refractivity contribution in [3.05, 3.63) is 29.6 Å². The van der Waals surface area contributed by atoms with Gasteiger partial charge in [0.15, 0.2) is 5.82 Å². The molecule has 5 heteroatoms. The van der Waals surface area contributed by atoms with E-state index in [9.17, 15) is 0 Å². The molecule has 0 aliphatic heterocycles. The fraction of sp³-hybridized carbons (Fsp3) is 0.364. The molecule has 1 heterocycles. The summed E-state index contributed by atoms with van der Waals surface area (Å²) in [4.78, 5) is 0. The van der Waals surface area contributed by atoms with Crippen LogP contribution in [0.15, 0.2) is 18.2 Å². The summed E-state index contributed by atoms with van der Waals surface area (Å²) in [6.45, 7) is 6.09. The molecule has 0 spiro atoms. The van der Waals surface area contributed by atoms with Gasteiger partial charge in [-0.2, -0.15) is 4.68 Å². The molecule has 0 unspecified atom stereocenters. The lowest BCUT2D eigenvalue weighted by molar-refractivity contribution is 0.709. The molecule has 2 aromatic rings. The van der Waals surface area contributed by atoms with Gasteiger partial charge in [-0.15, -0.1) is 5.10 Å². The van der Waals surface area contributed by atoms with Gasteiger partial charge in [0.1, 0.15) is 0 Å². The van der Waals surface area contributed by atoms with Gasteiger partial charge in [0, 0.05) is 11.6 Å². The standard InChI is InChI=1S/C11H15N5/c1-7(2)11-13-14-15-16(11)9-4-5-10(12)8(3)6-9/h4-7H,12H2,1-3H3. The van der Waals surface area contributed by atoms with Crippen LogP contribution in [0.1, 0.15) is 31.2 Å². The molecule has 0 fully saturated rings. The molecule has 0 saturated heterocycles. The number of anilines is 1. The maximum Gasteiger partial charge on any atom is 0.159 e. The summed E-state index contributed by atoms with van der Waals surface area (Å²) in [5, 5.41) is 11.7. The first-order chi connectivity index (χ1) is 7.59. The first kappa shape index (κ1) is 10.6. The second-order valence-corrected chi connectivity index (χ2v) is 4.14. The summed E-state index contributed by atoms with van der Waals surface area (Å²) < 4.78 is 1.75. The van der Waals surface area contributed by atoms with Crippen LogP contribution in [0.3, 0.4) is 0 Å². The van der Waals surface area contributed by atoms with Crippen LogP contribution >= 0.6 is 0 Å². The average Bonchev–Trinajstić information content (AvgIpc) is 2.71. The molecule has 1 aromatic heterocycles. The number of hydrogen-bond acceptors (Lipinski definition) is 4. The van der Waals surface area contributed by atoms with Gasteiger partial charge >= 0.3 is 0 Å². The van der Waals surface area contributed by atoms with Crippen LogP contribution in [0.5, 0.6) is 0 Å². The van der Waals surface area contributed by atoms with E-state index in [1.807, 2.05) is 25.1 Å². The summed E-state index contributed by atoms with van der Waals surface area (Å²) in [5.41, 5.74) is 8.53. The van der Waals surface area contributed by atoms with Crippen molar-refractivity contribution in [3.63, 3.8) is 0 Å². The average molecular weight is 217 g/mol. The molecule has 0 radical (unpaired) electrons. The lowest BCUT2D eigenvalue weighted by Crippen LogP contribution is -2.05. The summed E-state index contributed by atoms with van der Waals surface area (Å²) in [6.07, 6.45) is 0. The number of nitrogens with zero attached hydrogens (tertiary/aromatic N) is 4. The maximum atomic E-state index is 5.78. The Bertz CT molecular complexity index is 501. The van der Waals surface area contributed by atoms with Gasteiger partial charge in [-0.3, -0.25) is 0 Å². The zero-order valence-electron chi connectivity index (χ0n) is 9.68. The quantitative estimate of drug-likeness (QED) is 0.777. The number of rotatable bonds is 2. The number of nitrogen functional groups attached to an aromatic ring is 1. The third-order valence-corrected chi connectivity index (χ3v) is 2.51. The Morgan fingerprint density at radius 1 is 1.31 bits per heavy atom. The van der Waals surface area contributed by atoms with Gasteiger partial charge in [-0.05, 0) is 41.1 Å². The Balaban J connectivity index is 2.50. The minimum Gasteiger partial charge on any atom is -0.399 e. The maximum absolute atomic E-state index is 5.78. The molecule has 2 N–H and O–H groups in total. The smallest absolute Gasteiger partial charge is 0.159 e. The van der Waals surface area contributed by atoms with Gasteiger partial charge < -0.3 is 5.73 Å². The number of nitrogens with two attached hydrogens (primary N) is 1. The zero-order chi connectivity index (χ0) is 11.7.